The van der Waals surface area contributed by atoms with E-state index in [1.165, 1.54) is 0 Å². The van der Waals surface area contributed by atoms with Crippen molar-refractivity contribution in [1.82, 2.24) is 5.32 Å². The first kappa shape index (κ1) is 12.7. The van der Waals surface area contributed by atoms with Crippen LogP contribution in [0.2, 0.25) is 5.02 Å². The van der Waals surface area contributed by atoms with Crippen LogP contribution in [0.1, 0.15) is 19.1 Å². The van der Waals surface area contributed by atoms with E-state index in [2.05, 4.69) is 5.32 Å². The Morgan fingerprint density at radius 2 is 1.94 bits per heavy atom. The molecule has 4 heteroatoms. The van der Waals surface area contributed by atoms with E-state index in [0.29, 0.717) is 18.0 Å². The Kier molecular flexibility index (Phi) is 4.05. The van der Waals surface area contributed by atoms with Crippen molar-refractivity contribution in [2.45, 2.75) is 19.9 Å². The third kappa shape index (κ3) is 3.14. The third-order valence-electron chi connectivity index (χ3n) is 2.57. The Balaban J connectivity index is 2.06. The number of nitrogens with one attached hydrogen (secondary N) is 1. The van der Waals surface area contributed by atoms with Crippen LogP contribution in [0.4, 0.5) is 0 Å². The number of benzene rings is 1. The molecule has 3 nitrogen and oxygen atoms in total. The molecule has 0 aliphatic carbocycles. The summed E-state index contributed by atoms with van der Waals surface area (Å²) in [4.78, 5) is 11.1. The van der Waals surface area contributed by atoms with Crippen LogP contribution >= 0.6 is 11.6 Å². The maximum absolute atomic E-state index is 11.1. The topological polar surface area (TPSA) is 42.2 Å². The Bertz CT molecular complexity index is 531. The van der Waals surface area contributed by atoms with Gasteiger partial charge in [0.25, 0.3) is 0 Å². The molecule has 0 spiro atoms. The summed E-state index contributed by atoms with van der Waals surface area (Å²) in [7, 11) is 0. The highest BCUT2D eigenvalue weighted by Crippen LogP contribution is 2.23. The first-order valence-electron chi connectivity index (χ1n) is 5.80. The van der Waals surface area contributed by atoms with Crippen molar-refractivity contribution >= 4 is 17.5 Å². The van der Waals surface area contributed by atoms with Gasteiger partial charge in [-0.25, -0.2) is 0 Å². The minimum atomic E-state index is 0.0134. The number of carbonyl (C=O) groups excluding carboxylic acids is 1. The van der Waals surface area contributed by atoms with Crippen LogP contribution < -0.4 is 5.32 Å². The SMILES string of the molecule is CCC(=O)NCc1ccc(-c2ccc(Cl)cc2)o1. The summed E-state index contributed by atoms with van der Waals surface area (Å²) in [5.41, 5.74) is 0.965. The molecule has 1 aromatic heterocycles. The minimum absolute atomic E-state index is 0.0134. The lowest BCUT2D eigenvalue weighted by Crippen LogP contribution is -2.20. The highest BCUT2D eigenvalue weighted by Gasteiger charge is 2.05. The highest BCUT2D eigenvalue weighted by atomic mass is 35.5. The van der Waals surface area contributed by atoms with Gasteiger partial charge < -0.3 is 9.73 Å². The molecule has 1 amide bonds. The smallest absolute Gasteiger partial charge is 0.220 e. The fourth-order valence-electron chi connectivity index (χ4n) is 1.55. The lowest BCUT2D eigenvalue weighted by Gasteiger charge is -2.00. The van der Waals surface area contributed by atoms with Crippen molar-refractivity contribution in [3.63, 3.8) is 0 Å². The zero-order valence-electron chi connectivity index (χ0n) is 10.1. The van der Waals surface area contributed by atoms with Crippen LogP contribution in [-0.4, -0.2) is 5.91 Å². The number of hydrogen-bond acceptors (Lipinski definition) is 2. The van der Waals surface area contributed by atoms with Crippen molar-refractivity contribution in [2.24, 2.45) is 0 Å². The lowest BCUT2D eigenvalue weighted by molar-refractivity contribution is -0.121. The zero-order chi connectivity index (χ0) is 13.0. The molecule has 1 aromatic carbocycles. The maximum atomic E-state index is 11.1. The first-order valence-corrected chi connectivity index (χ1v) is 6.18. The van der Waals surface area contributed by atoms with Gasteiger partial charge in [0.2, 0.25) is 5.91 Å². The van der Waals surface area contributed by atoms with Crippen LogP contribution in [0.15, 0.2) is 40.8 Å². The van der Waals surface area contributed by atoms with Crippen molar-refractivity contribution < 1.29 is 9.21 Å². The van der Waals surface area contributed by atoms with Gasteiger partial charge in [-0.3, -0.25) is 4.79 Å². The average Bonchev–Trinajstić information content (AvgIpc) is 2.85. The quantitative estimate of drug-likeness (QED) is 0.915. The molecule has 1 heterocycles. The van der Waals surface area contributed by atoms with E-state index in [-0.39, 0.29) is 5.91 Å². The van der Waals surface area contributed by atoms with Gasteiger partial charge in [-0.15, -0.1) is 0 Å². The standard InChI is InChI=1S/C14H14ClNO2/c1-2-14(17)16-9-12-7-8-13(18-12)10-3-5-11(15)6-4-10/h3-8H,2,9H2,1H3,(H,16,17). The molecule has 0 radical (unpaired) electrons. The second-order valence-corrected chi connectivity index (χ2v) is 4.34. The van der Waals surface area contributed by atoms with Crippen LogP contribution in [0.25, 0.3) is 11.3 Å². The Hall–Kier alpha value is -1.74. The van der Waals surface area contributed by atoms with E-state index in [4.69, 9.17) is 16.0 Å². The first-order chi connectivity index (χ1) is 8.69. The van der Waals surface area contributed by atoms with Gasteiger partial charge >= 0.3 is 0 Å². The molecule has 94 valence electrons. The Labute approximate surface area is 111 Å². The summed E-state index contributed by atoms with van der Waals surface area (Å²) in [5.74, 6) is 1.52. The monoisotopic (exact) mass is 263 g/mol. The van der Waals surface area contributed by atoms with Crippen molar-refractivity contribution in [1.29, 1.82) is 0 Å². The molecular weight excluding hydrogens is 250 g/mol. The Morgan fingerprint density at radius 1 is 1.22 bits per heavy atom. The van der Waals surface area contributed by atoms with Gasteiger partial charge in [0, 0.05) is 17.0 Å². The van der Waals surface area contributed by atoms with E-state index in [9.17, 15) is 4.79 Å². The molecule has 2 rings (SSSR count). The number of amides is 1. The van der Waals surface area contributed by atoms with Crippen molar-refractivity contribution in [3.05, 3.63) is 47.2 Å². The van der Waals surface area contributed by atoms with E-state index >= 15 is 0 Å². The highest BCUT2D eigenvalue weighted by molar-refractivity contribution is 6.30. The normalized spacial score (nSPS) is 10.3. The zero-order valence-corrected chi connectivity index (χ0v) is 10.8. The fraction of sp³-hybridized carbons (Fsp3) is 0.214. The molecule has 1 N–H and O–H groups in total. The third-order valence-corrected chi connectivity index (χ3v) is 2.82. The van der Waals surface area contributed by atoms with Crippen LogP contribution in [0.3, 0.4) is 0 Å². The van der Waals surface area contributed by atoms with E-state index in [1.807, 2.05) is 43.3 Å². The lowest BCUT2D eigenvalue weighted by atomic mass is 10.2. The molecular formula is C14H14ClNO2. The summed E-state index contributed by atoms with van der Waals surface area (Å²) in [6, 6.07) is 11.2. The molecule has 0 aliphatic heterocycles. The van der Waals surface area contributed by atoms with Gasteiger partial charge in [-0.1, -0.05) is 18.5 Å². The van der Waals surface area contributed by atoms with E-state index in [1.54, 1.807) is 0 Å². The number of rotatable bonds is 4. The summed E-state index contributed by atoms with van der Waals surface area (Å²) < 4.78 is 5.65. The van der Waals surface area contributed by atoms with Crippen LogP contribution in [-0.2, 0) is 11.3 Å². The van der Waals surface area contributed by atoms with Crippen molar-refractivity contribution in [2.75, 3.05) is 0 Å². The second kappa shape index (κ2) is 5.74. The van der Waals surface area contributed by atoms with E-state index < -0.39 is 0 Å². The van der Waals surface area contributed by atoms with Gasteiger partial charge in [-0.2, -0.15) is 0 Å². The second-order valence-electron chi connectivity index (χ2n) is 3.90. The predicted octanol–water partition coefficient (Wildman–Crippen LogP) is 3.63. The van der Waals surface area contributed by atoms with Crippen LogP contribution in [0.5, 0.6) is 0 Å². The largest absolute Gasteiger partial charge is 0.459 e. The van der Waals surface area contributed by atoms with Crippen molar-refractivity contribution in [3.8, 4) is 11.3 Å². The molecule has 0 bridgehead atoms. The van der Waals surface area contributed by atoms with Gasteiger partial charge in [-0.05, 0) is 36.4 Å². The summed E-state index contributed by atoms with van der Waals surface area (Å²) >= 11 is 5.83. The number of halogens is 1. The summed E-state index contributed by atoms with van der Waals surface area (Å²) in [6.45, 7) is 2.23. The molecule has 0 aliphatic rings. The van der Waals surface area contributed by atoms with E-state index in [0.717, 1.165) is 17.1 Å². The molecule has 0 atom stereocenters. The summed E-state index contributed by atoms with van der Waals surface area (Å²) in [5, 5.41) is 3.46. The Morgan fingerprint density at radius 3 is 2.61 bits per heavy atom. The number of hydrogen-bond donors (Lipinski definition) is 1. The number of carbonyl (C=O) groups is 1. The average molecular weight is 264 g/mol. The molecule has 0 fully saturated rings. The predicted molar refractivity (Wildman–Crippen MR) is 71.3 cm³/mol. The minimum Gasteiger partial charge on any atom is -0.459 e. The maximum Gasteiger partial charge on any atom is 0.220 e. The fourth-order valence-corrected chi connectivity index (χ4v) is 1.68. The molecule has 0 unspecified atom stereocenters. The molecule has 18 heavy (non-hydrogen) atoms. The molecule has 0 saturated carbocycles. The van der Waals surface area contributed by atoms with Crippen LogP contribution in [0, 0.1) is 0 Å². The molecule has 0 saturated heterocycles. The van der Waals surface area contributed by atoms with Gasteiger partial charge in [0.05, 0.1) is 6.54 Å². The molecule has 2 aromatic rings. The van der Waals surface area contributed by atoms with Gasteiger partial charge in [0.1, 0.15) is 11.5 Å². The summed E-state index contributed by atoms with van der Waals surface area (Å²) in [6.07, 6.45) is 0.477. The van der Waals surface area contributed by atoms with Gasteiger partial charge in [0.15, 0.2) is 0 Å². The number of furan rings is 1.